The number of rotatable bonds is 4. The molecule has 3 N–H and O–H groups in total. The van der Waals surface area contributed by atoms with Gasteiger partial charge in [-0.2, -0.15) is 0 Å². The second kappa shape index (κ2) is 6.06. The van der Waals surface area contributed by atoms with Crippen LogP contribution in [0, 0.1) is 0 Å². The van der Waals surface area contributed by atoms with Gasteiger partial charge in [0, 0.05) is 17.5 Å². The van der Waals surface area contributed by atoms with E-state index in [4.69, 9.17) is 11.6 Å². The fourth-order valence-corrected chi connectivity index (χ4v) is 2.26. The second-order valence-corrected chi connectivity index (χ2v) is 5.29. The molecule has 0 saturated carbocycles. The van der Waals surface area contributed by atoms with Gasteiger partial charge in [-0.3, -0.25) is 4.79 Å². The average Bonchev–Trinajstić information content (AvgIpc) is 2.47. The Bertz CT molecular complexity index is 625. The molecule has 0 aliphatic heterocycles. The van der Waals surface area contributed by atoms with Crippen molar-refractivity contribution in [1.82, 2.24) is 5.32 Å². The topological polar surface area (TPSA) is 69.6 Å². The molecule has 0 aromatic heterocycles. The smallest absolute Gasteiger partial charge is 0.252 e. The molecule has 0 aliphatic rings. The first kappa shape index (κ1) is 15.2. The predicted molar refractivity (Wildman–Crippen MR) is 81.8 cm³/mol. The Morgan fingerprint density at radius 3 is 2.24 bits per heavy atom. The van der Waals surface area contributed by atoms with Crippen molar-refractivity contribution in [3.8, 4) is 11.5 Å². The molecule has 0 spiro atoms. The molecule has 0 heterocycles. The molecule has 0 aliphatic carbocycles. The number of aromatic hydroxyl groups is 2. The van der Waals surface area contributed by atoms with Crippen molar-refractivity contribution in [3.63, 3.8) is 0 Å². The summed E-state index contributed by atoms with van der Waals surface area (Å²) < 4.78 is 0. The maximum Gasteiger partial charge on any atom is 0.252 e. The number of nitrogens with one attached hydrogen (secondary N) is 1. The lowest BCUT2D eigenvalue weighted by Gasteiger charge is -2.29. The molecule has 2 aromatic carbocycles. The first-order chi connectivity index (χ1) is 9.94. The average molecular weight is 306 g/mol. The van der Waals surface area contributed by atoms with E-state index in [0.717, 1.165) is 11.6 Å². The monoisotopic (exact) mass is 305 g/mol. The Morgan fingerprint density at radius 2 is 1.71 bits per heavy atom. The third kappa shape index (κ3) is 3.47. The SMILES string of the molecule is CC(CCl)(NC(=O)c1cc(O)cc(O)c1)c1ccccc1. The van der Waals surface area contributed by atoms with Crippen LogP contribution in [0.4, 0.5) is 0 Å². The predicted octanol–water partition coefficient (Wildman–Crippen LogP) is 2.98. The second-order valence-electron chi connectivity index (χ2n) is 5.02. The van der Waals surface area contributed by atoms with Gasteiger partial charge in [0.2, 0.25) is 0 Å². The van der Waals surface area contributed by atoms with Gasteiger partial charge in [-0.1, -0.05) is 30.3 Å². The molecule has 21 heavy (non-hydrogen) atoms. The van der Waals surface area contributed by atoms with E-state index in [0.29, 0.717) is 0 Å². The third-order valence-electron chi connectivity index (χ3n) is 3.23. The summed E-state index contributed by atoms with van der Waals surface area (Å²) in [5.74, 6) is -0.582. The van der Waals surface area contributed by atoms with E-state index in [1.807, 2.05) is 37.3 Å². The van der Waals surface area contributed by atoms with E-state index < -0.39 is 11.4 Å². The molecule has 2 rings (SSSR count). The Balaban J connectivity index is 2.28. The molecule has 0 bridgehead atoms. The Hall–Kier alpha value is -2.20. The van der Waals surface area contributed by atoms with E-state index in [1.165, 1.54) is 12.1 Å². The number of carbonyl (C=O) groups excluding carboxylic acids is 1. The summed E-state index contributed by atoms with van der Waals surface area (Å²) in [4.78, 5) is 12.3. The van der Waals surface area contributed by atoms with Gasteiger partial charge in [-0.15, -0.1) is 11.6 Å². The van der Waals surface area contributed by atoms with Crippen LogP contribution < -0.4 is 5.32 Å². The maximum absolute atomic E-state index is 12.3. The van der Waals surface area contributed by atoms with Crippen molar-refractivity contribution < 1.29 is 15.0 Å². The van der Waals surface area contributed by atoms with Crippen LogP contribution in [-0.2, 0) is 5.54 Å². The summed E-state index contributed by atoms with van der Waals surface area (Å²) in [6, 6.07) is 13.1. The minimum absolute atomic E-state index is 0.166. The van der Waals surface area contributed by atoms with E-state index in [9.17, 15) is 15.0 Å². The number of amides is 1. The lowest BCUT2D eigenvalue weighted by atomic mass is 9.93. The van der Waals surface area contributed by atoms with Crippen molar-refractivity contribution in [2.75, 3.05) is 5.88 Å². The zero-order valence-corrected chi connectivity index (χ0v) is 12.3. The van der Waals surface area contributed by atoms with Crippen molar-refractivity contribution in [3.05, 3.63) is 59.7 Å². The van der Waals surface area contributed by atoms with Gasteiger partial charge < -0.3 is 15.5 Å². The van der Waals surface area contributed by atoms with Gasteiger partial charge in [-0.05, 0) is 24.6 Å². The van der Waals surface area contributed by atoms with Crippen molar-refractivity contribution in [2.45, 2.75) is 12.5 Å². The summed E-state index contributed by atoms with van der Waals surface area (Å²) >= 11 is 6.02. The lowest BCUT2D eigenvalue weighted by molar-refractivity contribution is 0.0912. The fraction of sp³-hybridized carbons (Fsp3) is 0.188. The molecule has 1 atom stereocenters. The van der Waals surface area contributed by atoms with Crippen LogP contribution >= 0.6 is 11.6 Å². The number of phenols is 2. The first-order valence-corrected chi connectivity index (χ1v) is 6.95. The van der Waals surface area contributed by atoms with Crippen LogP contribution in [0.1, 0.15) is 22.8 Å². The van der Waals surface area contributed by atoms with E-state index in [2.05, 4.69) is 5.32 Å². The van der Waals surface area contributed by atoms with E-state index >= 15 is 0 Å². The number of alkyl halides is 1. The van der Waals surface area contributed by atoms with E-state index in [1.54, 1.807) is 0 Å². The van der Waals surface area contributed by atoms with Crippen LogP contribution in [0.3, 0.4) is 0 Å². The summed E-state index contributed by atoms with van der Waals surface area (Å²) in [6.45, 7) is 1.82. The zero-order valence-electron chi connectivity index (χ0n) is 11.5. The zero-order chi connectivity index (χ0) is 15.5. The standard InChI is InChI=1S/C16H16ClNO3/c1-16(10-17,12-5-3-2-4-6-12)18-15(21)11-7-13(19)9-14(20)8-11/h2-9,19-20H,10H2,1H3,(H,18,21). The Morgan fingerprint density at radius 1 is 1.14 bits per heavy atom. The molecule has 1 amide bonds. The highest BCUT2D eigenvalue weighted by Gasteiger charge is 2.28. The van der Waals surface area contributed by atoms with Gasteiger partial charge in [0.1, 0.15) is 11.5 Å². The summed E-state index contributed by atoms with van der Waals surface area (Å²) in [5.41, 5.74) is 0.290. The molecular weight excluding hydrogens is 290 g/mol. The van der Waals surface area contributed by atoms with Crippen molar-refractivity contribution in [2.24, 2.45) is 0 Å². The highest BCUT2D eigenvalue weighted by atomic mass is 35.5. The highest BCUT2D eigenvalue weighted by Crippen LogP contribution is 2.25. The number of carbonyl (C=O) groups is 1. The van der Waals surface area contributed by atoms with Crippen molar-refractivity contribution >= 4 is 17.5 Å². The number of halogens is 1. The largest absolute Gasteiger partial charge is 0.508 e. The highest BCUT2D eigenvalue weighted by molar-refractivity contribution is 6.19. The molecule has 5 heteroatoms. The molecule has 0 fully saturated rings. The summed E-state index contributed by atoms with van der Waals surface area (Å²) in [6.07, 6.45) is 0. The van der Waals surface area contributed by atoms with Gasteiger partial charge in [-0.25, -0.2) is 0 Å². The minimum Gasteiger partial charge on any atom is -0.508 e. The third-order valence-corrected chi connectivity index (χ3v) is 3.77. The molecule has 110 valence electrons. The van der Waals surface area contributed by atoms with Crippen LogP contribution in [0.2, 0.25) is 0 Å². The number of hydrogen-bond donors (Lipinski definition) is 3. The Kier molecular flexibility index (Phi) is 4.38. The molecule has 4 nitrogen and oxygen atoms in total. The quantitative estimate of drug-likeness (QED) is 0.761. The van der Waals surface area contributed by atoms with E-state index in [-0.39, 0.29) is 22.9 Å². The van der Waals surface area contributed by atoms with Crippen LogP contribution in [-0.4, -0.2) is 22.0 Å². The van der Waals surface area contributed by atoms with Crippen molar-refractivity contribution in [1.29, 1.82) is 0 Å². The molecular formula is C16H16ClNO3. The van der Waals surface area contributed by atoms with Gasteiger partial charge in [0.05, 0.1) is 5.54 Å². The normalized spacial score (nSPS) is 13.4. The lowest BCUT2D eigenvalue weighted by Crippen LogP contribution is -2.45. The van der Waals surface area contributed by atoms with Gasteiger partial charge in [0.25, 0.3) is 5.91 Å². The van der Waals surface area contributed by atoms with Crippen LogP contribution in [0.5, 0.6) is 11.5 Å². The number of benzene rings is 2. The summed E-state index contributed by atoms with van der Waals surface area (Å²) in [7, 11) is 0. The Labute approximate surface area is 128 Å². The molecule has 1 unspecified atom stereocenters. The maximum atomic E-state index is 12.3. The minimum atomic E-state index is -0.749. The molecule has 0 saturated heterocycles. The number of hydrogen-bond acceptors (Lipinski definition) is 3. The van der Waals surface area contributed by atoms with Crippen LogP contribution in [0.25, 0.3) is 0 Å². The first-order valence-electron chi connectivity index (χ1n) is 6.41. The van der Waals surface area contributed by atoms with Crippen LogP contribution in [0.15, 0.2) is 48.5 Å². The van der Waals surface area contributed by atoms with Gasteiger partial charge >= 0.3 is 0 Å². The van der Waals surface area contributed by atoms with Gasteiger partial charge in [0.15, 0.2) is 0 Å². The fourth-order valence-electron chi connectivity index (χ4n) is 2.04. The number of phenolic OH excluding ortho intramolecular Hbond substituents is 2. The summed E-state index contributed by atoms with van der Waals surface area (Å²) in [5, 5.41) is 21.7. The molecule has 2 aromatic rings. The molecule has 0 radical (unpaired) electrons.